The first-order valence-electron chi connectivity index (χ1n) is 9.14. The molecular formula is C19H39NO5Si. The largest absolute Gasteiger partial charge is 0.502 e. The van der Waals surface area contributed by atoms with Crippen molar-refractivity contribution in [3.8, 4) is 0 Å². The maximum Gasteiger partial charge on any atom is 0.502 e. The van der Waals surface area contributed by atoms with Crippen molar-refractivity contribution in [2.75, 3.05) is 13.2 Å². The van der Waals surface area contributed by atoms with Crippen molar-refractivity contribution in [1.29, 1.82) is 0 Å². The van der Waals surface area contributed by atoms with E-state index >= 15 is 0 Å². The molecule has 0 saturated heterocycles. The van der Waals surface area contributed by atoms with Crippen molar-refractivity contribution in [3.05, 3.63) is 12.2 Å². The predicted molar refractivity (Wildman–Crippen MR) is 107 cm³/mol. The zero-order valence-electron chi connectivity index (χ0n) is 18.2. The molecule has 26 heavy (non-hydrogen) atoms. The second kappa shape index (κ2) is 9.46. The predicted octanol–water partition coefficient (Wildman–Crippen LogP) is 3.82. The van der Waals surface area contributed by atoms with Crippen LogP contribution in [0.3, 0.4) is 0 Å². The summed E-state index contributed by atoms with van der Waals surface area (Å²) in [4.78, 5) is 11.7. The molecule has 0 fully saturated rings. The van der Waals surface area contributed by atoms with Gasteiger partial charge in [-0.15, -0.1) is 0 Å². The molecule has 0 aliphatic rings. The fraction of sp³-hybridized carbons (Fsp3) is 0.842. The molecule has 0 atom stereocenters. The summed E-state index contributed by atoms with van der Waals surface area (Å²) in [6.07, 6.45) is 0.722. The van der Waals surface area contributed by atoms with Crippen LogP contribution in [0.15, 0.2) is 12.2 Å². The van der Waals surface area contributed by atoms with Gasteiger partial charge in [0, 0.05) is 11.6 Å². The topological polar surface area (TPSA) is 80.0 Å². The quantitative estimate of drug-likeness (QED) is 0.347. The lowest BCUT2D eigenvalue weighted by Crippen LogP contribution is -2.58. The molecule has 0 aromatic heterocycles. The molecule has 0 rings (SSSR count). The van der Waals surface area contributed by atoms with Crippen LogP contribution in [-0.4, -0.2) is 44.7 Å². The molecule has 0 radical (unpaired) electrons. The van der Waals surface area contributed by atoms with Crippen molar-refractivity contribution >= 4 is 14.8 Å². The first-order chi connectivity index (χ1) is 11.5. The average Bonchev–Trinajstić information content (AvgIpc) is 2.38. The van der Waals surface area contributed by atoms with Gasteiger partial charge in [-0.05, 0) is 75.3 Å². The minimum Gasteiger partial charge on any atom is -0.459 e. The summed E-state index contributed by atoms with van der Waals surface area (Å²) in [5, 5.41) is 0. The number of hydrogen-bond donors (Lipinski definition) is 1. The second-order valence-electron chi connectivity index (χ2n) is 9.22. The van der Waals surface area contributed by atoms with Crippen LogP contribution in [0.5, 0.6) is 0 Å². The van der Waals surface area contributed by atoms with Gasteiger partial charge in [0.25, 0.3) is 0 Å². The fourth-order valence-corrected chi connectivity index (χ4v) is 6.12. The Bertz CT molecular complexity index is 461. The number of carbonyl (C=O) groups is 1. The third kappa shape index (κ3) is 11.1. The normalized spacial score (nSPS) is 13.6. The Morgan fingerprint density at radius 1 is 0.962 bits per heavy atom. The Hall–Kier alpha value is -0.733. The molecule has 0 bridgehead atoms. The first-order valence-corrected chi connectivity index (χ1v) is 11.1. The molecule has 0 aliphatic heterocycles. The highest BCUT2D eigenvalue weighted by molar-refractivity contribution is 6.61. The van der Waals surface area contributed by atoms with Gasteiger partial charge < -0.3 is 23.7 Å². The third-order valence-electron chi connectivity index (χ3n) is 2.94. The molecule has 2 N–H and O–H groups in total. The first kappa shape index (κ1) is 25.3. The van der Waals surface area contributed by atoms with Gasteiger partial charge in [-0.1, -0.05) is 6.58 Å². The molecule has 0 heterocycles. The van der Waals surface area contributed by atoms with E-state index in [9.17, 15) is 4.79 Å². The standard InChI is InChI=1S/C19H39NO5Si/c1-15(2)16(21)22-14-19(9,10)25-26(13-11-12-20,23-17(3,4)5)24-18(6,7)8/h1,11-14,20H2,2-10H3. The van der Waals surface area contributed by atoms with Crippen molar-refractivity contribution in [2.45, 2.75) is 91.6 Å². The van der Waals surface area contributed by atoms with E-state index in [0.29, 0.717) is 18.2 Å². The van der Waals surface area contributed by atoms with Crippen LogP contribution in [0.2, 0.25) is 6.04 Å². The molecule has 154 valence electrons. The number of rotatable bonds is 10. The van der Waals surface area contributed by atoms with Gasteiger partial charge in [-0.2, -0.15) is 0 Å². The third-order valence-corrected chi connectivity index (χ3v) is 6.62. The minimum atomic E-state index is -3.12. The number of esters is 1. The minimum absolute atomic E-state index is 0.0804. The molecule has 0 amide bonds. The van der Waals surface area contributed by atoms with E-state index < -0.39 is 31.6 Å². The molecule has 0 aromatic carbocycles. The van der Waals surface area contributed by atoms with Gasteiger partial charge in [0.05, 0.1) is 16.8 Å². The number of hydrogen-bond acceptors (Lipinski definition) is 6. The van der Waals surface area contributed by atoms with E-state index in [0.717, 1.165) is 6.42 Å². The van der Waals surface area contributed by atoms with Gasteiger partial charge in [-0.3, -0.25) is 0 Å². The van der Waals surface area contributed by atoms with E-state index in [1.165, 1.54) is 0 Å². The lowest BCUT2D eigenvalue weighted by atomic mass is 10.2. The van der Waals surface area contributed by atoms with E-state index in [1.807, 2.05) is 55.4 Å². The maximum atomic E-state index is 11.7. The molecule has 0 spiro atoms. The number of carbonyl (C=O) groups excluding carboxylic acids is 1. The van der Waals surface area contributed by atoms with E-state index in [4.69, 9.17) is 23.7 Å². The van der Waals surface area contributed by atoms with Gasteiger partial charge >= 0.3 is 14.8 Å². The van der Waals surface area contributed by atoms with Crippen LogP contribution in [0.1, 0.15) is 68.7 Å². The number of nitrogens with two attached hydrogens (primary N) is 1. The fourth-order valence-electron chi connectivity index (χ4n) is 2.28. The zero-order chi connectivity index (χ0) is 20.8. The average molecular weight is 390 g/mol. The van der Waals surface area contributed by atoms with E-state index in [1.54, 1.807) is 6.92 Å². The van der Waals surface area contributed by atoms with Gasteiger partial charge in [0.15, 0.2) is 0 Å². The summed E-state index contributed by atoms with van der Waals surface area (Å²) in [7, 11) is -3.12. The smallest absolute Gasteiger partial charge is 0.459 e. The van der Waals surface area contributed by atoms with E-state index in [-0.39, 0.29) is 6.61 Å². The Kier molecular flexibility index (Phi) is 9.19. The highest BCUT2D eigenvalue weighted by Gasteiger charge is 2.50. The zero-order valence-corrected chi connectivity index (χ0v) is 19.2. The van der Waals surface area contributed by atoms with Crippen molar-refractivity contribution in [1.82, 2.24) is 0 Å². The van der Waals surface area contributed by atoms with Crippen molar-refractivity contribution in [3.63, 3.8) is 0 Å². The molecule has 0 aromatic rings. The van der Waals surface area contributed by atoms with Crippen LogP contribution >= 0.6 is 0 Å². The maximum absolute atomic E-state index is 11.7. The Morgan fingerprint density at radius 3 is 1.77 bits per heavy atom. The molecule has 0 unspecified atom stereocenters. The van der Waals surface area contributed by atoms with Crippen LogP contribution in [-0.2, 0) is 22.8 Å². The summed E-state index contributed by atoms with van der Waals surface area (Å²) in [5.74, 6) is -0.440. The SMILES string of the molecule is C=C(C)C(=O)OCC(C)(C)O[Si](CCCN)(OC(C)(C)C)OC(C)(C)C. The summed E-state index contributed by atoms with van der Waals surface area (Å²) < 4.78 is 24.5. The summed E-state index contributed by atoms with van der Waals surface area (Å²) in [5.41, 5.74) is 4.42. The number of ether oxygens (including phenoxy) is 1. The lowest BCUT2D eigenvalue weighted by Gasteiger charge is -2.43. The Balaban J connectivity index is 5.57. The molecule has 7 heteroatoms. The van der Waals surface area contributed by atoms with Crippen LogP contribution in [0, 0.1) is 0 Å². The second-order valence-corrected chi connectivity index (χ2v) is 11.7. The lowest BCUT2D eigenvalue weighted by molar-refractivity contribution is -0.148. The highest BCUT2D eigenvalue weighted by Crippen LogP contribution is 2.32. The van der Waals surface area contributed by atoms with Gasteiger partial charge in [0.2, 0.25) is 0 Å². The van der Waals surface area contributed by atoms with E-state index in [2.05, 4.69) is 6.58 Å². The molecular weight excluding hydrogens is 350 g/mol. The summed E-state index contributed by atoms with van der Waals surface area (Å²) in [6, 6.07) is 0.593. The molecule has 0 saturated carbocycles. The summed E-state index contributed by atoms with van der Waals surface area (Å²) >= 11 is 0. The molecule has 0 aliphatic carbocycles. The van der Waals surface area contributed by atoms with Gasteiger partial charge in [0.1, 0.15) is 6.61 Å². The van der Waals surface area contributed by atoms with Crippen molar-refractivity contribution in [2.24, 2.45) is 5.73 Å². The van der Waals surface area contributed by atoms with Crippen molar-refractivity contribution < 1.29 is 22.8 Å². The van der Waals surface area contributed by atoms with Gasteiger partial charge in [-0.25, -0.2) is 4.79 Å². The summed E-state index contributed by atoms with van der Waals surface area (Å²) in [6.45, 7) is 21.4. The van der Waals surface area contributed by atoms with Crippen LogP contribution in [0.4, 0.5) is 0 Å². The molecule has 6 nitrogen and oxygen atoms in total. The monoisotopic (exact) mass is 389 g/mol. The highest BCUT2D eigenvalue weighted by atomic mass is 28.4. The van der Waals surface area contributed by atoms with Crippen LogP contribution < -0.4 is 5.73 Å². The van der Waals surface area contributed by atoms with Crippen LogP contribution in [0.25, 0.3) is 0 Å². The Morgan fingerprint density at radius 2 is 1.42 bits per heavy atom. The Labute approximate surface area is 160 Å².